The zero-order chi connectivity index (χ0) is 22.5. The lowest BCUT2D eigenvalue weighted by atomic mass is 9.47. The molecule has 2 aliphatic rings. The van der Waals surface area contributed by atoms with Crippen molar-refractivity contribution in [2.24, 2.45) is 22.7 Å². The number of hydrogen-bond acceptors (Lipinski definition) is 5. The molecule has 4 unspecified atom stereocenters. The van der Waals surface area contributed by atoms with Crippen LogP contribution in [0.1, 0.15) is 72.6 Å². The van der Waals surface area contributed by atoms with Crippen LogP contribution in [0.25, 0.3) is 0 Å². The Kier molecular flexibility index (Phi) is 8.28. The molecule has 4 atom stereocenters. The van der Waals surface area contributed by atoms with E-state index in [0.29, 0.717) is 11.8 Å². The van der Waals surface area contributed by atoms with Gasteiger partial charge in [0.15, 0.2) is 0 Å². The fourth-order valence-electron chi connectivity index (χ4n) is 6.07. The maximum atomic E-state index is 12.2. The molecular weight excluding hydrogens is 384 g/mol. The normalized spacial score (nSPS) is 30.9. The van der Waals surface area contributed by atoms with Crippen molar-refractivity contribution < 1.29 is 29.6 Å². The predicted molar refractivity (Wildman–Crippen MR) is 115 cm³/mol. The van der Waals surface area contributed by atoms with Crippen LogP contribution in [0.4, 0.5) is 0 Å². The minimum Gasteiger partial charge on any atom is -0.481 e. The van der Waals surface area contributed by atoms with Crippen LogP contribution in [-0.2, 0) is 14.3 Å². The van der Waals surface area contributed by atoms with Gasteiger partial charge in [0.2, 0.25) is 0 Å². The second kappa shape index (κ2) is 10.1. The molecule has 1 saturated carbocycles. The SMILES string of the molecule is CC1=CCC2C(C)(C)CC(OC(=O)CCC(=O)O)CC2(C)C1CCC(=CCO)CO. The third-order valence-corrected chi connectivity index (χ3v) is 7.36. The largest absolute Gasteiger partial charge is 0.481 e. The van der Waals surface area contributed by atoms with Crippen LogP contribution < -0.4 is 0 Å². The number of allylic oxidation sites excluding steroid dienone is 2. The van der Waals surface area contributed by atoms with Gasteiger partial charge in [0, 0.05) is 0 Å². The minimum atomic E-state index is -0.994. The molecule has 6 nitrogen and oxygen atoms in total. The summed E-state index contributed by atoms with van der Waals surface area (Å²) in [5, 5.41) is 27.6. The van der Waals surface area contributed by atoms with Crippen molar-refractivity contribution in [3.63, 3.8) is 0 Å². The Balaban J connectivity index is 2.21. The second-order valence-electron chi connectivity index (χ2n) is 9.94. The molecule has 3 N–H and O–H groups in total. The average molecular weight is 423 g/mol. The molecule has 0 saturated heterocycles. The topological polar surface area (TPSA) is 104 Å². The number of aliphatic hydroxyl groups excluding tert-OH is 2. The summed E-state index contributed by atoms with van der Waals surface area (Å²) < 4.78 is 5.75. The van der Waals surface area contributed by atoms with Gasteiger partial charge in [-0.2, -0.15) is 0 Å². The number of ether oxygens (including phenoxy) is 1. The van der Waals surface area contributed by atoms with E-state index < -0.39 is 11.9 Å². The second-order valence-corrected chi connectivity index (χ2v) is 9.94. The molecule has 0 bridgehead atoms. The van der Waals surface area contributed by atoms with Crippen molar-refractivity contribution in [1.29, 1.82) is 0 Å². The van der Waals surface area contributed by atoms with Gasteiger partial charge in [-0.25, -0.2) is 0 Å². The van der Waals surface area contributed by atoms with E-state index >= 15 is 0 Å². The number of carboxylic acid groups (broad SMARTS) is 1. The highest BCUT2D eigenvalue weighted by Gasteiger charge is 2.55. The molecular formula is C24H38O6. The summed E-state index contributed by atoms with van der Waals surface area (Å²) in [4.78, 5) is 23.0. The Morgan fingerprint density at radius 3 is 2.47 bits per heavy atom. The van der Waals surface area contributed by atoms with Crippen molar-refractivity contribution in [2.45, 2.75) is 78.7 Å². The number of aliphatic carboxylic acids is 1. The van der Waals surface area contributed by atoms with Gasteiger partial charge in [-0.15, -0.1) is 0 Å². The molecule has 2 aliphatic carbocycles. The van der Waals surface area contributed by atoms with E-state index in [1.165, 1.54) is 5.57 Å². The van der Waals surface area contributed by atoms with Crippen molar-refractivity contribution in [3.05, 3.63) is 23.3 Å². The average Bonchev–Trinajstić information content (AvgIpc) is 2.63. The van der Waals surface area contributed by atoms with Crippen molar-refractivity contribution in [1.82, 2.24) is 0 Å². The zero-order valence-electron chi connectivity index (χ0n) is 18.8. The fourth-order valence-corrected chi connectivity index (χ4v) is 6.07. The predicted octanol–water partition coefficient (Wildman–Crippen LogP) is 3.86. The number of carboxylic acids is 1. The molecule has 170 valence electrons. The minimum absolute atomic E-state index is 0.0130. The molecule has 0 spiro atoms. The molecule has 0 aromatic heterocycles. The molecule has 0 radical (unpaired) electrons. The number of rotatable bonds is 9. The summed E-state index contributed by atoms with van der Waals surface area (Å²) in [5.41, 5.74) is 2.12. The third-order valence-electron chi connectivity index (χ3n) is 7.36. The standard InChI is InChI=1S/C24H38O6/c1-16-5-8-20-23(2,3)13-18(30-22(29)10-9-21(27)28)14-24(20,4)19(16)7-6-17(15-26)11-12-25/h5,11,18-20,25-26H,6-10,12-15H2,1-4H3,(H,27,28). The first kappa shape index (κ1) is 24.6. The number of esters is 1. The first-order chi connectivity index (χ1) is 14.0. The van der Waals surface area contributed by atoms with Crippen LogP contribution in [0.2, 0.25) is 0 Å². The summed E-state index contributed by atoms with van der Waals surface area (Å²) >= 11 is 0. The van der Waals surface area contributed by atoms with Gasteiger partial charge in [-0.1, -0.05) is 38.5 Å². The van der Waals surface area contributed by atoms with E-state index in [-0.39, 0.29) is 43.0 Å². The Hall–Kier alpha value is -1.66. The molecule has 0 amide bonds. The lowest BCUT2D eigenvalue weighted by Crippen LogP contribution is -2.53. The summed E-state index contributed by atoms with van der Waals surface area (Å²) in [6, 6.07) is 0. The van der Waals surface area contributed by atoms with E-state index in [9.17, 15) is 19.8 Å². The third kappa shape index (κ3) is 5.73. The van der Waals surface area contributed by atoms with E-state index in [4.69, 9.17) is 9.84 Å². The Morgan fingerprint density at radius 1 is 1.17 bits per heavy atom. The number of hydrogen-bond donors (Lipinski definition) is 3. The van der Waals surface area contributed by atoms with Crippen LogP contribution in [0.3, 0.4) is 0 Å². The Labute approximate surface area is 180 Å². The van der Waals surface area contributed by atoms with Crippen LogP contribution in [0.5, 0.6) is 0 Å². The Morgan fingerprint density at radius 2 is 1.87 bits per heavy atom. The number of fused-ring (bicyclic) bond motifs is 1. The highest BCUT2D eigenvalue weighted by atomic mass is 16.5. The summed E-state index contributed by atoms with van der Waals surface area (Å²) in [6.07, 6.45) is 7.63. The smallest absolute Gasteiger partial charge is 0.306 e. The van der Waals surface area contributed by atoms with Gasteiger partial charge in [-0.05, 0) is 67.3 Å². The highest BCUT2D eigenvalue weighted by Crippen LogP contribution is 2.61. The zero-order valence-corrected chi connectivity index (χ0v) is 18.8. The van der Waals surface area contributed by atoms with E-state index in [1.807, 2.05) is 0 Å². The molecule has 0 aromatic carbocycles. The van der Waals surface area contributed by atoms with Gasteiger partial charge in [-0.3, -0.25) is 9.59 Å². The fraction of sp³-hybridized carbons (Fsp3) is 0.750. The molecule has 0 aliphatic heterocycles. The number of carbonyl (C=O) groups excluding carboxylic acids is 1. The van der Waals surface area contributed by atoms with E-state index in [0.717, 1.165) is 37.7 Å². The van der Waals surface area contributed by atoms with Crippen LogP contribution >= 0.6 is 0 Å². The molecule has 6 heteroatoms. The summed E-state index contributed by atoms with van der Waals surface area (Å²) in [6.45, 7) is 8.82. The number of aliphatic hydroxyl groups is 2. The van der Waals surface area contributed by atoms with Gasteiger partial charge < -0.3 is 20.1 Å². The molecule has 1 fully saturated rings. The quantitative estimate of drug-likeness (QED) is 0.385. The van der Waals surface area contributed by atoms with E-state index in [2.05, 4.69) is 33.8 Å². The first-order valence-corrected chi connectivity index (χ1v) is 11.0. The van der Waals surface area contributed by atoms with Crippen LogP contribution in [-0.4, -0.2) is 46.6 Å². The summed E-state index contributed by atoms with van der Waals surface area (Å²) in [5.74, 6) is -0.684. The molecule has 0 aromatic rings. The monoisotopic (exact) mass is 422 g/mol. The van der Waals surface area contributed by atoms with Gasteiger partial charge in [0.25, 0.3) is 0 Å². The lowest BCUT2D eigenvalue weighted by Gasteiger charge is -2.58. The lowest BCUT2D eigenvalue weighted by molar-refractivity contribution is -0.165. The van der Waals surface area contributed by atoms with Gasteiger partial charge in [0.1, 0.15) is 6.10 Å². The first-order valence-electron chi connectivity index (χ1n) is 11.0. The maximum Gasteiger partial charge on any atom is 0.306 e. The van der Waals surface area contributed by atoms with Crippen molar-refractivity contribution >= 4 is 11.9 Å². The number of carbonyl (C=O) groups is 2. The van der Waals surface area contributed by atoms with E-state index in [1.54, 1.807) is 6.08 Å². The van der Waals surface area contributed by atoms with Crippen LogP contribution in [0.15, 0.2) is 23.3 Å². The van der Waals surface area contributed by atoms with Crippen molar-refractivity contribution in [3.8, 4) is 0 Å². The molecule has 0 heterocycles. The van der Waals surface area contributed by atoms with Crippen molar-refractivity contribution in [2.75, 3.05) is 13.2 Å². The highest BCUT2D eigenvalue weighted by molar-refractivity contribution is 5.76. The van der Waals surface area contributed by atoms with Gasteiger partial charge in [0.05, 0.1) is 26.1 Å². The summed E-state index contributed by atoms with van der Waals surface area (Å²) in [7, 11) is 0. The molecule has 2 rings (SSSR count). The molecule has 30 heavy (non-hydrogen) atoms. The van der Waals surface area contributed by atoms with Crippen LogP contribution in [0, 0.1) is 22.7 Å². The maximum absolute atomic E-state index is 12.2. The Bertz CT molecular complexity index is 692. The van der Waals surface area contributed by atoms with Gasteiger partial charge >= 0.3 is 11.9 Å².